The lowest BCUT2D eigenvalue weighted by molar-refractivity contribution is 0.502. The summed E-state index contributed by atoms with van der Waals surface area (Å²) in [5, 5.41) is 4.67. The predicted octanol–water partition coefficient (Wildman–Crippen LogP) is 3.40. The van der Waals surface area contributed by atoms with Crippen LogP contribution in [0.5, 0.6) is 0 Å². The molecule has 1 aromatic carbocycles. The number of aromatic nitrogens is 2. The van der Waals surface area contributed by atoms with Gasteiger partial charge in [-0.05, 0) is 24.6 Å². The molecule has 1 heterocycles. The number of nitrogens with two attached hydrogens (primary N) is 1. The minimum absolute atomic E-state index is 0.350. The molecule has 0 saturated carbocycles. The lowest BCUT2D eigenvalue weighted by atomic mass is 10.0. The van der Waals surface area contributed by atoms with Crippen molar-refractivity contribution in [2.75, 3.05) is 0 Å². The van der Waals surface area contributed by atoms with Gasteiger partial charge in [-0.1, -0.05) is 34.5 Å². The van der Waals surface area contributed by atoms with E-state index >= 15 is 0 Å². The van der Waals surface area contributed by atoms with Crippen molar-refractivity contribution in [3.05, 3.63) is 51.0 Å². The number of rotatable bonds is 5. The fourth-order valence-electron chi connectivity index (χ4n) is 2.10. The minimum atomic E-state index is -0.561. The molecule has 0 fully saturated rings. The highest BCUT2D eigenvalue weighted by molar-refractivity contribution is 9.10. The van der Waals surface area contributed by atoms with Gasteiger partial charge in [-0.2, -0.15) is 5.10 Å². The van der Waals surface area contributed by atoms with Crippen molar-refractivity contribution in [1.82, 2.24) is 15.2 Å². The normalized spacial score (nSPS) is 12.7. The van der Waals surface area contributed by atoms with Crippen LogP contribution in [0.3, 0.4) is 0 Å². The van der Waals surface area contributed by atoms with Crippen molar-refractivity contribution >= 4 is 27.5 Å². The number of nitrogens with one attached hydrogen (secondary N) is 1. The largest absolute Gasteiger partial charge is 0.271 e. The van der Waals surface area contributed by atoms with Crippen LogP contribution >= 0.6 is 27.5 Å². The molecular formula is C13H15BrClFN4. The summed E-state index contributed by atoms with van der Waals surface area (Å²) in [4.78, 5) is 0. The number of nitrogens with zero attached hydrogens (tertiary/aromatic N) is 2. The highest BCUT2D eigenvalue weighted by Gasteiger charge is 2.23. The molecule has 7 heteroatoms. The second-order valence-corrected chi connectivity index (χ2v) is 5.69. The first-order valence-electron chi connectivity index (χ1n) is 6.20. The second-order valence-electron chi connectivity index (χ2n) is 4.37. The first kappa shape index (κ1) is 15.4. The Kier molecular flexibility index (Phi) is 5.15. The number of hydrazine groups is 1. The average Bonchev–Trinajstić information content (AvgIpc) is 2.77. The topological polar surface area (TPSA) is 55.9 Å². The van der Waals surface area contributed by atoms with Gasteiger partial charge in [-0.3, -0.25) is 10.5 Å². The van der Waals surface area contributed by atoms with Gasteiger partial charge in [-0.15, -0.1) is 0 Å². The first-order valence-corrected chi connectivity index (χ1v) is 7.37. The molecule has 1 atom stereocenters. The van der Waals surface area contributed by atoms with E-state index in [-0.39, 0.29) is 5.82 Å². The summed E-state index contributed by atoms with van der Waals surface area (Å²) in [6.07, 6.45) is 2.44. The van der Waals surface area contributed by atoms with Gasteiger partial charge >= 0.3 is 0 Å². The van der Waals surface area contributed by atoms with E-state index in [1.807, 2.05) is 6.92 Å². The van der Waals surface area contributed by atoms with E-state index in [1.54, 1.807) is 23.0 Å². The number of hydrogen-bond donors (Lipinski definition) is 2. The molecular weight excluding hydrogens is 347 g/mol. The summed E-state index contributed by atoms with van der Waals surface area (Å²) < 4.78 is 16.6. The molecule has 0 amide bonds. The van der Waals surface area contributed by atoms with Crippen LogP contribution in [0.2, 0.25) is 5.02 Å². The van der Waals surface area contributed by atoms with Gasteiger partial charge in [0, 0.05) is 16.6 Å². The van der Waals surface area contributed by atoms with Gasteiger partial charge in [0.2, 0.25) is 0 Å². The van der Waals surface area contributed by atoms with Gasteiger partial charge in [0.05, 0.1) is 23.0 Å². The lowest BCUT2D eigenvalue weighted by Crippen LogP contribution is -2.31. The molecule has 1 unspecified atom stereocenters. The molecule has 4 nitrogen and oxygen atoms in total. The smallest absolute Gasteiger partial charge is 0.128 e. The lowest BCUT2D eigenvalue weighted by Gasteiger charge is -2.19. The van der Waals surface area contributed by atoms with Crippen molar-refractivity contribution in [3.8, 4) is 0 Å². The van der Waals surface area contributed by atoms with Gasteiger partial charge in [0.1, 0.15) is 5.82 Å². The van der Waals surface area contributed by atoms with E-state index in [0.29, 0.717) is 22.8 Å². The molecule has 0 aliphatic rings. The molecule has 108 valence electrons. The summed E-state index contributed by atoms with van der Waals surface area (Å²) in [5.41, 5.74) is 3.70. The van der Waals surface area contributed by atoms with Crippen molar-refractivity contribution < 1.29 is 4.39 Å². The van der Waals surface area contributed by atoms with Gasteiger partial charge in [0.15, 0.2) is 0 Å². The van der Waals surface area contributed by atoms with Crippen LogP contribution in [0.4, 0.5) is 4.39 Å². The maximum atomic E-state index is 14.1. The fourth-order valence-corrected chi connectivity index (χ4v) is 2.73. The molecule has 0 saturated heterocycles. The predicted molar refractivity (Wildman–Crippen MR) is 80.8 cm³/mol. The zero-order valence-corrected chi connectivity index (χ0v) is 13.2. The molecule has 0 aliphatic carbocycles. The summed E-state index contributed by atoms with van der Waals surface area (Å²) in [7, 11) is 0. The maximum Gasteiger partial charge on any atom is 0.128 e. The fraction of sp³-hybridized carbons (Fsp3) is 0.308. The van der Waals surface area contributed by atoms with Crippen molar-refractivity contribution in [3.63, 3.8) is 0 Å². The zero-order valence-electron chi connectivity index (χ0n) is 10.9. The van der Waals surface area contributed by atoms with E-state index in [9.17, 15) is 4.39 Å². The molecule has 2 rings (SSSR count). The maximum absolute atomic E-state index is 14.1. The average molecular weight is 362 g/mol. The highest BCUT2D eigenvalue weighted by Crippen LogP contribution is 2.31. The van der Waals surface area contributed by atoms with E-state index in [1.165, 1.54) is 6.07 Å². The Labute approximate surface area is 130 Å². The third kappa shape index (κ3) is 3.03. The van der Waals surface area contributed by atoms with Crippen LogP contribution in [0.25, 0.3) is 0 Å². The summed E-state index contributed by atoms with van der Waals surface area (Å²) >= 11 is 9.52. The highest BCUT2D eigenvalue weighted by atomic mass is 79.9. The van der Waals surface area contributed by atoms with Crippen molar-refractivity contribution in [2.24, 2.45) is 5.84 Å². The van der Waals surface area contributed by atoms with Crippen LogP contribution in [-0.4, -0.2) is 9.78 Å². The first-order chi connectivity index (χ1) is 9.58. The van der Waals surface area contributed by atoms with Crippen molar-refractivity contribution in [2.45, 2.75) is 25.9 Å². The monoisotopic (exact) mass is 360 g/mol. The van der Waals surface area contributed by atoms with Gasteiger partial charge < -0.3 is 0 Å². The Balaban J connectivity index is 2.52. The van der Waals surface area contributed by atoms with E-state index in [2.05, 4.69) is 26.5 Å². The minimum Gasteiger partial charge on any atom is -0.271 e. The Morgan fingerprint density at radius 2 is 2.30 bits per heavy atom. The molecule has 2 aromatic rings. The SMILES string of the molecule is CCCn1ncc(Cl)c1C(NN)c1cc(Br)ccc1F. The second kappa shape index (κ2) is 6.67. The third-order valence-electron chi connectivity index (χ3n) is 2.98. The molecule has 0 spiro atoms. The number of halogens is 3. The van der Waals surface area contributed by atoms with Crippen LogP contribution in [-0.2, 0) is 6.54 Å². The Morgan fingerprint density at radius 3 is 2.95 bits per heavy atom. The zero-order chi connectivity index (χ0) is 14.7. The van der Waals surface area contributed by atoms with E-state index in [0.717, 1.165) is 10.9 Å². The summed E-state index contributed by atoms with van der Waals surface area (Å²) in [6, 6.07) is 4.14. The van der Waals surface area contributed by atoms with E-state index < -0.39 is 6.04 Å². The Morgan fingerprint density at radius 1 is 1.55 bits per heavy atom. The van der Waals surface area contributed by atoms with Crippen molar-refractivity contribution in [1.29, 1.82) is 0 Å². The molecule has 3 N–H and O–H groups in total. The number of benzene rings is 1. The van der Waals surface area contributed by atoms with Crippen LogP contribution in [0, 0.1) is 5.82 Å². The molecule has 0 aliphatic heterocycles. The standard InChI is InChI=1S/C13H15BrClFN4/c1-2-5-20-13(10(15)7-18-20)12(19-17)9-6-8(14)3-4-11(9)16/h3-4,6-7,12,19H,2,5,17H2,1H3. The number of hydrogen-bond acceptors (Lipinski definition) is 3. The number of aryl methyl sites for hydroxylation is 1. The van der Waals surface area contributed by atoms with Crippen LogP contribution < -0.4 is 11.3 Å². The summed E-state index contributed by atoms with van der Waals surface area (Å²) in [5.74, 6) is 5.27. The van der Waals surface area contributed by atoms with Crippen LogP contribution in [0.1, 0.15) is 30.6 Å². The molecule has 0 bridgehead atoms. The Bertz CT molecular complexity index is 602. The van der Waals surface area contributed by atoms with Crippen LogP contribution in [0.15, 0.2) is 28.9 Å². The quantitative estimate of drug-likeness (QED) is 0.634. The van der Waals surface area contributed by atoms with Gasteiger partial charge in [0.25, 0.3) is 0 Å². The van der Waals surface area contributed by atoms with E-state index in [4.69, 9.17) is 17.4 Å². The third-order valence-corrected chi connectivity index (χ3v) is 3.76. The van der Waals surface area contributed by atoms with Gasteiger partial charge in [-0.25, -0.2) is 9.82 Å². The Hall–Kier alpha value is -0.950. The molecule has 20 heavy (non-hydrogen) atoms. The molecule has 1 aromatic heterocycles. The summed E-state index contributed by atoms with van der Waals surface area (Å²) in [6.45, 7) is 2.72. The molecule has 0 radical (unpaired) electrons.